The maximum Gasteiger partial charge on any atom is 0.253 e. The van der Waals surface area contributed by atoms with Crippen molar-refractivity contribution in [2.45, 2.75) is 45.2 Å². The summed E-state index contributed by atoms with van der Waals surface area (Å²) in [7, 11) is 0. The van der Waals surface area contributed by atoms with E-state index in [-0.39, 0.29) is 23.9 Å². The van der Waals surface area contributed by atoms with Crippen molar-refractivity contribution in [1.29, 1.82) is 0 Å². The molecule has 5 heteroatoms. The van der Waals surface area contributed by atoms with E-state index in [1.807, 2.05) is 43.0 Å². The molecule has 2 rings (SSSR count). The lowest BCUT2D eigenvalue weighted by Crippen LogP contribution is -2.47. The topological polar surface area (TPSA) is 75.4 Å². The van der Waals surface area contributed by atoms with E-state index in [9.17, 15) is 9.59 Å². The van der Waals surface area contributed by atoms with E-state index in [2.05, 4.69) is 5.32 Å². The first kappa shape index (κ1) is 16.5. The Morgan fingerprint density at radius 2 is 1.86 bits per heavy atom. The summed E-state index contributed by atoms with van der Waals surface area (Å²) in [6, 6.07) is 7.67. The van der Waals surface area contributed by atoms with E-state index in [4.69, 9.17) is 5.73 Å². The molecule has 1 atom stereocenters. The number of carbonyl (C=O) groups is 2. The standard InChI is InChI=1S/C17H25N3O2/c1-12-3-5-14(6-4-12)17(22)20-9-7-15(8-10-20)19-16(21)11-13(2)18/h3-6,13,15H,7-11,18H2,1-2H3,(H,19,21). The Morgan fingerprint density at radius 3 is 2.41 bits per heavy atom. The predicted molar refractivity (Wildman–Crippen MR) is 86.5 cm³/mol. The van der Waals surface area contributed by atoms with Crippen molar-refractivity contribution in [2.24, 2.45) is 5.73 Å². The van der Waals surface area contributed by atoms with Crippen LogP contribution in [0.2, 0.25) is 0 Å². The van der Waals surface area contributed by atoms with Gasteiger partial charge in [-0.25, -0.2) is 0 Å². The first-order valence-corrected chi connectivity index (χ1v) is 7.86. The first-order valence-electron chi connectivity index (χ1n) is 7.86. The zero-order chi connectivity index (χ0) is 16.1. The van der Waals surface area contributed by atoms with Gasteiger partial charge >= 0.3 is 0 Å². The van der Waals surface area contributed by atoms with Gasteiger partial charge in [0.25, 0.3) is 5.91 Å². The largest absolute Gasteiger partial charge is 0.353 e. The number of likely N-dealkylation sites (tertiary alicyclic amines) is 1. The van der Waals surface area contributed by atoms with Crippen LogP contribution in [-0.4, -0.2) is 41.9 Å². The molecule has 1 aliphatic rings. The van der Waals surface area contributed by atoms with Gasteiger partial charge in [-0.05, 0) is 38.8 Å². The van der Waals surface area contributed by atoms with Crippen molar-refractivity contribution in [3.63, 3.8) is 0 Å². The van der Waals surface area contributed by atoms with E-state index in [0.717, 1.165) is 24.0 Å². The van der Waals surface area contributed by atoms with Gasteiger partial charge in [-0.15, -0.1) is 0 Å². The second-order valence-electron chi connectivity index (χ2n) is 6.18. The summed E-state index contributed by atoms with van der Waals surface area (Å²) in [5, 5.41) is 3.00. The second kappa shape index (κ2) is 7.40. The third-order valence-electron chi connectivity index (χ3n) is 3.95. The van der Waals surface area contributed by atoms with Gasteiger partial charge in [0.05, 0.1) is 0 Å². The number of rotatable bonds is 4. The minimum Gasteiger partial charge on any atom is -0.353 e. The summed E-state index contributed by atoms with van der Waals surface area (Å²) >= 11 is 0. The Kier molecular flexibility index (Phi) is 5.55. The van der Waals surface area contributed by atoms with Crippen LogP contribution in [0.1, 0.15) is 42.1 Å². The van der Waals surface area contributed by atoms with Crippen molar-refractivity contribution < 1.29 is 9.59 Å². The van der Waals surface area contributed by atoms with Crippen LogP contribution in [0.15, 0.2) is 24.3 Å². The summed E-state index contributed by atoms with van der Waals surface area (Å²) in [6.45, 7) is 5.18. The molecule has 5 nitrogen and oxygen atoms in total. The summed E-state index contributed by atoms with van der Waals surface area (Å²) in [5.41, 5.74) is 7.49. The number of aryl methyl sites for hydroxylation is 1. The Morgan fingerprint density at radius 1 is 1.27 bits per heavy atom. The highest BCUT2D eigenvalue weighted by Gasteiger charge is 2.24. The quantitative estimate of drug-likeness (QED) is 0.884. The van der Waals surface area contributed by atoms with Crippen LogP contribution in [0.25, 0.3) is 0 Å². The molecule has 0 bridgehead atoms. The molecule has 1 heterocycles. The molecular weight excluding hydrogens is 278 g/mol. The second-order valence-corrected chi connectivity index (χ2v) is 6.18. The lowest BCUT2D eigenvalue weighted by Gasteiger charge is -2.32. The van der Waals surface area contributed by atoms with Crippen LogP contribution in [0.5, 0.6) is 0 Å². The summed E-state index contributed by atoms with van der Waals surface area (Å²) in [6.07, 6.45) is 1.94. The first-order chi connectivity index (χ1) is 10.5. The van der Waals surface area contributed by atoms with Gasteiger partial charge < -0.3 is 16.0 Å². The predicted octanol–water partition coefficient (Wildman–Crippen LogP) is 1.45. The molecule has 0 radical (unpaired) electrons. The minimum atomic E-state index is -0.122. The van der Waals surface area contributed by atoms with Gasteiger partial charge in [-0.3, -0.25) is 9.59 Å². The zero-order valence-electron chi connectivity index (χ0n) is 13.3. The Bertz CT molecular complexity index is 517. The number of hydrogen-bond acceptors (Lipinski definition) is 3. The lowest BCUT2D eigenvalue weighted by atomic mass is 10.0. The molecule has 120 valence electrons. The van der Waals surface area contributed by atoms with Crippen molar-refractivity contribution in [3.05, 3.63) is 35.4 Å². The fourth-order valence-electron chi connectivity index (χ4n) is 2.68. The SMILES string of the molecule is Cc1ccc(C(=O)N2CCC(NC(=O)CC(C)N)CC2)cc1. The Labute approximate surface area is 131 Å². The third kappa shape index (κ3) is 4.56. The zero-order valence-corrected chi connectivity index (χ0v) is 13.3. The Hall–Kier alpha value is -1.88. The van der Waals surface area contributed by atoms with Crippen LogP contribution >= 0.6 is 0 Å². The molecule has 0 aliphatic carbocycles. The fourth-order valence-corrected chi connectivity index (χ4v) is 2.68. The number of nitrogens with zero attached hydrogens (tertiary/aromatic N) is 1. The van der Waals surface area contributed by atoms with Crippen molar-refractivity contribution in [1.82, 2.24) is 10.2 Å². The van der Waals surface area contributed by atoms with Crippen LogP contribution in [0, 0.1) is 6.92 Å². The van der Waals surface area contributed by atoms with Gasteiger partial charge in [0.1, 0.15) is 0 Å². The average Bonchev–Trinajstić information content (AvgIpc) is 2.47. The average molecular weight is 303 g/mol. The molecule has 3 N–H and O–H groups in total. The van der Waals surface area contributed by atoms with E-state index in [1.165, 1.54) is 0 Å². The third-order valence-corrected chi connectivity index (χ3v) is 3.95. The summed E-state index contributed by atoms with van der Waals surface area (Å²) in [5.74, 6) is 0.0682. The van der Waals surface area contributed by atoms with Crippen LogP contribution in [0.3, 0.4) is 0 Å². The highest BCUT2D eigenvalue weighted by Crippen LogP contribution is 2.14. The molecule has 1 aromatic carbocycles. The van der Waals surface area contributed by atoms with Crippen molar-refractivity contribution in [2.75, 3.05) is 13.1 Å². The molecule has 1 saturated heterocycles. The van der Waals surface area contributed by atoms with Crippen LogP contribution in [0.4, 0.5) is 0 Å². The molecule has 0 aromatic heterocycles. The Balaban J connectivity index is 1.83. The smallest absolute Gasteiger partial charge is 0.253 e. The molecule has 22 heavy (non-hydrogen) atoms. The maximum absolute atomic E-state index is 12.4. The van der Waals surface area contributed by atoms with E-state index in [0.29, 0.717) is 19.5 Å². The molecular formula is C17H25N3O2. The molecule has 1 aromatic rings. The van der Waals surface area contributed by atoms with Gasteiger partial charge in [-0.1, -0.05) is 17.7 Å². The molecule has 0 spiro atoms. The van der Waals surface area contributed by atoms with Gasteiger partial charge in [-0.2, -0.15) is 0 Å². The highest BCUT2D eigenvalue weighted by atomic mass is 16.2. The monoisotopic (exact) mass is 303 g/mol. The molecule has 1 aliphatic heterocycles. The number of nitrogens with one attached hydrogen (secondary N) is 1. The molecule has 1 unspecified atom stereocenters. The van der Waals surface area contributed by atoms with E-state index in [1.54, 1.807) is 0 Å². The van der Waals surface area contributed by atoms with Gasteiger partial charge in [0.15, 0.2) is 0 Å². The lowest BCUT2D eigenvalue weighted by molar-refractivity contribution is -0.122. The number of carbonyl (C=O) groups excluding carboxylic acids is 2. The summed E-state index contributed by atoms with van der Waals surface area (Å²) in [4.78, 5) is 26.0. The highest BCUT2D eigenvalue weighted by molar-refractivity contribution is 5.94. The van der Waals surface area contributed by atoms with Crippen molar-refractivity contribution in [3.8, 4) is 0 Å². The number of hydrogen-bond donors (Lipinski definition) is 2. The van der Waals surface area contributed by atoms with E-state index < -0.39 is 0 Å². The van der Waals surface area contributed by atoms with Gasteiger partial charge in [0, 0.05) is 37.2 Å². The van der Waals surface area contributed by atoms with Gasteiger partial charge in [0.2, 0.25) is 5.91 Å². The molecule has 2 amide bonds. The number of piperidine rings is 1. The fraction of sp³-hybridized carbons (Fsp3) is 0.529. The normalized spacial score (nSPS) is 17.1. The maximum atomic E-state index is 12.4. The van der Waals surface area contributed by atoms with Crippen LogP contribution in [-0.2, 0) is 4.79 Å². The number of benzene rings is 1. The van der Waals surface area contributed by atoms with E-state index >= 15 is 0 Å². The summed E-state index contributed by atoms with van der Waals surface area (Å²) < 4.78 is 0. The molecule has 0 saturated carbocycles. The minimum absolute atomic E-state index is 0.00156. The molecule has 1 fully saturated rings. The van der Waals surface area contributed by atoms with Crippen molar-refractivity contribution >= 4 is 11.8 Å². The number of nitrogens with two attached hydrogens (primary N) is 1. The number of amides is 2. The van der Waals surface area contributed by atoms with Crippen LogP contribution < -0.4 is 11.1 Å².